The predicted octanol–water partition coefficient (Wildman–Crippen LogP) is 2.50. The molecule has 1 atom stereocenters. The second kappa shape index (κ2) is 8.16. The number of hydrogen-bond donors (Lipinski definition) is 0. The van der Waals surface area contributed by atoms with Gasteiger partial charge in [0.05, 0.1) is 27.0 Å². The fourth-order valence-corrected chi connectivity index (χ4v) is 5.38. The zero-order chi connectivity index (χ0) is 20.7. The molecule has 154 valence electrons. The number of rotatable bonds is 4. The first kappa shape index (κ1) is 20.5. The number of imide groups is 1. The number of fused-ring (bicyclic) bond motifs is 1. The molecule has 7 nitrogen and oxygen atoms in total. The number of halogens is 2. The zero-order valence-corrected chi connectivity index (χ0v) is 17.9. The second-order valence-corrected chi connectivity index (χ2v) is 9.05. The Bertz CT molecular complexity index is 863. The van der Waals surface area contributed by atoms with E-state index in [9.17, 15) is 19.2 Å². The van der Waals surface area contributed by atoms with Gasteiger partial charge in [-0.1, -0.05) is 23.2 Å². The number of nitrogens with zero attached hydrogens (tertiary/aromatic N) is 3. The van der Waals surface area contributed by atoms with E-state index in [-0.39, 0.29) is 46.0 Å². The largest absolute Gasteiger partial charge is 0.341 e. The van der Waals surface area contributed by atoms with E-state index in [4.69, 9.17) is 23.2 Å². The smallest absolute Gasteiger partial charge is 0.261 e. The van der Waals surface area contributed by atoms with Gasteiger partial charge in [-0.05, 0) is 25.0 Å². The van der Waals surface area contributed by atoms with Crippen molar-refractivity contribution in [3.63, 3.8) is 0 Å². The van der Waals surface area contributed by atoms with Gasteiger partial charge in [0.25, 0.3) is 11.8 Å². The zero-order valence-electron chi connectivity index (χ0n) is 15.5. The van der Waals surface area contributed by atoms with Gasteiger partial charge in [0.2, 0.25) is 11.8 Å². The van der Waals surface area contributed by atoms with Crippen molar-refractivity contribution in [2.75, 3.05) is 31.3 Å². The van der Waals surface area contributed by atoms with Gasteiger partial charge in [0.15, 0.2) is 0 Å². The molecule has 1 aromatic carbocycles. The summed E-state index contributed by atoms with van der Waals surface area (Å²) < 4.78 is 0. The number of likely N-dealkylation sites (tertiary alicyclic amines) is 1. The fourth-order valence-electron chi connectivity index (χ4n) is 3.88. The molecule has 0 N–H and O–H groups in total. The SMILES string of the molecule is O=C([C@@H]1CSCN1C(=O)CCN1C(=O)c2cc(Cl)c(Cl)cc2C1=O)N1CCCC1. The first-order valence-corrected chi connectivity index (χ1v) is 11.3. The highest BCUT2D eigenvalue weighted by molar-refractivity contribution is 7.99. The Balaban J connectivity index is 1.41. The third-order valence-electron chi connectivity index (χ3n) is 5.47. The maximum absolute atomic E-state index is 12.8. The van der Waals surface area contributed by atoms with E-state index in [0.29, 0.717) is 11.6 Å². The lowest BCUT2D eigenvalue weighted by Crippen LogP contribution is -2.48. The van der Waals surface area contributed by atoms with Crippen LogP contribution in [0.5, 0.6) is 0 Å². The third-order valence-corrected chi connectivity index (χ3v) is 7.20. The van der Waals surface area contributed by atoms with Crippen LogP contribution in [0.1, 0.15) is 40.0 Å². The average Bonchev–Trinajstić information content (AvgIpc) is 3.43. The Hall–Kier alpha value is -1.77. The van der Waals surface area contributed by atoms with Crippen LogP contribution in [0.4, 0.5) is 0 Å². The van der Waals surface area contributed by atoms with E-state index in [1.807, 2.05) is 4.90 Å². The summed E-state index contributed by atoms with van der Waals surface area (Å²) in [6, 6.07) is 2.29. The molecule has 4 rings (SSSR count). The Kier molecular flexibility index (Phi) is 5.77. The maximum atomic E-state index is 12.8. The molecule has 4 amide bonds. The molecule has 3 aliphatic heterocycles. The van der Waals surface area contributed by atoms with Gasteiger partial charge in [0, 0.05) is 31.8 Å². The second-order valence-electron chi connectivity index (χ2n) is 7.24. The van der Waals surface area contributed by atoms with Crippen LogP contribution in [0, 0.1) is 0 Å². The summed E-state index contributed by atoms with van der Waals surface area (Å²) in [5.74, 6) is -0.207. The molecule has 29 heavy (non-hydrogen) atoms. The first-order valence-electron chi connectivity index (χ1n) is 9.39. The van der Waals surface area contributed by atoms with Crippen LogP contribution in [0.15, 0.2) is 12.1 Å². The van der Waals surface area contributed by atoms with Crippen LogP contribution in [0.25, 0.3) is 0 Å². The molecule has 2 fully saturated rings. The van der Waals surface area contributed by atoms with Crippen molar-refractivity contribution >= 4 is 58.6 Å². The maximum Gasteiger partial charge on any atom is 0.261 e. The highest BCUT2D eigenvalue weighted by Gasteiger charge is 2.40. The van der Waals surface area contributed by atoms with Gasteiger partial charge in [-0.15, -0.1) is 11.8 Å². The summed E-state index contributed by atoms with van der Waals surface area (Å²) in [4.78, 5) is 55.0. The molecular weight excluding hydrogens is 437 g/mol. The molecule has 3 heterocycles. The van der Waals surface area contributed by atoms with Crippen LogP contribution in [-0.2, 0) is 9.59 Å². The molecule has 0 aromatic heterocycles. The van der Waals surface area contributed by atoms with Crippen molar-refractivity contribution in [2.24, 2.45) is 0 Å². The summed E-state index contributed by atoms with van der Waals surface area (Å²) in [7, 11) is 0. The lowest BCUT2D eigenvalue weighted by atomic mass is 10.1. The Morgan fingerprint density at radius 3 is 2.21 bits per heavy atom. The van der Waals surface area contributed by atoms with Crippen LogP contribution >= 0.6 is 35.0 Å². The summed E-state index contributed by atoms with van der Waals surface area (Å²) in [5.41, 5.74) is 0.381. The van der Waals surface area contributed by atoms with E-state index in [1.165, 1.54) is 23.9 Å². The summed E-state index contributed by atoms with van der Waals surface area (Å²) in [5, 5.41) is 0.392. The van der Waals surface area contributed by atoms with E-state index in [1.54, 1.807) is 4.90 Å². The van der Waals surface area contributed by atoms with Crippen LogP contribution < -0.4 is 0 Å². The van der Waals surface area contributed by atoms with Gasteiger partial charge < -0.3 is 9.80 Å². The molecule has 2 saturated heterocycles. The lowest BCUT2D eigenvalue weighted by molar-refractivity contribution is -0.142. The van der Waals surface area contributed by atoms with Crippen molar-refractivity contribution in [1.29, 1.82) is 0 Å². The van der Waals surface area contributed by atoms with E-state index in [0.717, 1.165) is 30.8 Å². The molecule has 1 aromatic rings. The fraction of sp³-hybridized carbons (Fsp3) is 0.474. The minimum absolute atomic E-state index is 0.00846. The number of hydrogen-bond acceptors (Lipinski definition) is 5. The predicted molar refractivity (Wildman–Crippen MR) is 110 cm³/mol. The van der Waals surface area contributed by atoms with Gasteiger partial charge in [-0.3, -0.25) is 24.1 Å². The van der Waals surface area contributed by atoms with E-state index >= 15 is 0 Å². The number of carbonyl (C=O) groups excluding carboxylic acids is 4. The quantitative estimate of drug-likeness (QED) is 0.651. The molecule has 0 unspecified atom stereocenters. The number of amides is 4. The number of carbonyl (C=O) groups is 4. The molecule has 3 aliphatic rings. The molecular formula is C19H19Cl2N3O4S. The Morgan fingerprint density at radius 1 is 1.03 bits per heavy atom. The minimum Gasteiger partial charge on any atom is -0.341 e. The van der Waals surface area contributed by atoms with Gasteiger partial charge in [0.1, 0.15) is 6.04 Å². The standard InChI is InChI=1S/C19H19Cl2N3O4S/c20-13-7-11-12(8-14(13)21)18(27)23(17(11)26)6-3-16(25)24-10-29-9-15(24)19(28)22-4-1-2-5-22/h7-8,15H,1-6,9-10H2/t15-/m0/s1. The highest BCUT2D eigenvalue weighted by Crippen LogP contribution is 2.32. The molecule has 10 heteroatoms. The first-order chi connectivity index (χ1) is 13.9. The monoisotopic (exact) mass is 455 g/mol. The Morgan fingerprint density at radius 2 is 1.62 bits per heavy atom. The van der Waals surface area contributed by atoms with Gasteiger partial charge in [-0.25, -0.2) is 0 Å². The highest BCUT2D eigenvalue weighted by atomic mass is 35.5. The van der Waals surface area contributed by atoms with Gasteiger partial charge in [-0.2, -0.15) is 0 Å². The van der Waals surface area contributed by atoms with Crippen molar-refractivity contribution < 1.29 is 19.2 Å². The lowest BCUT2D eigenvalue weighted by Gasteiger charge is -2.27. The van der Waals surface area contributed by atoms with Crippen LogP contribution in [-0.4, -0.2) is 75.6 Å². The van der Waals surface area contributed by atoms with Crippen molar-refractivity contribution in [2.45, 2.75) is 25.3 Å². The molecule has 0 spiro atoms. The average molecular weight is 456 g/mol. The molecule has 0 aliphatic carbocycles. The molecule has 0 radical (unpaired) electrons. The topological polar surface area (TPSA) is 78.0 Å². The summed E-state index contributed by atoms with van der Waals surface area (Å²) in [6.45, 7) is 1.43. The Labute approximate surface area is 182 Å². The van der Waals surface area contributed by atoms with Crippen molar-refractivity contribution in [1.82, 2.24) is 14.7 Å². The van der Waals surface area contributed by atoms with E-state index in [2.05, 4.69) is 0 Å². The van der Waals surface area contributed by atoms with Crippen molar-refractivity contribution in [3.8, 4) is 0 Å². The van der Waals surface area contributed by atoms with Gasteiger partial charge >= 0.3 is 0 Å². The molecule has 0 bridgehead atoms. The van der Waals surface area contributed by atoms with Crippen molar-refractivity contribution in [3.05, 3.63) is 33.3 Å². The van der Waals surface area contributed by atoms with Crippen LogP contribution in [0.2, 0.25) is 10.0 Å². The summed E-state index contributed by atoms with van der Waals surface area (Å²) >= 11 is 13.4. The summed E-state index contributed by atoms with van der Waals surface area (Å²) in [6.07, 6.45) is 1.96. The van der Waals surface area contributed by atoms with Crippen LogP contribution in [0.3, 0.4) is 0 Å². The third kappa shape index (κ3) is 3.73. The van der Waals surface area contributed by atoms with E-state index < -0.39 is 17.9 Å². The number of benzene rings is 1. The normalized spacial score (nSPS) is 21.3. The molecule has 0 saturated carbocycles. The minimum atomic E-state index is -0.489. The number of thioether (sulfide) groups is 1.